The van der Waals surface area contributed by atoms with E-state index in [-0.39, 0.29) is 5.91 Å². The van der Waals surface area contributed by atoms with E-state index >= 15 is 0 Å². The highest BCUT2D eigenvalue weighted by atomic mass is 32.2. The second-order valence-corrected chi connectivity index (χ2v) is 7.71. The molecule has 3 aromatic rings. The first-order valence-electron chi connectivity index (χ1n) is 8.20. The van der Waals surface area contributed by atoms with Gasteiger partial charge < -0.3 is 4.74 Å². The van der Waals surface area contributed by atoms with Crippen molar-refractivity contribution in [3.05, 3.63) is 65.2 Å². The van der Waals surface area contributed by atoms with Gasteiger partial charge in [0.25, 0.3) is 5.91 Å². The predicted octanol–water partition coefficient (Wildman–Crippen LogP) is 4.79. The van der Waals surface area contributed by atoms with Crippen molar-refractivity contribution in [3.8, 4) is 5.75 Å². The van der Waals surface area contributed by atoms with Crippen molar-refractivity contribution in [1.82, 2.24) is 10.2 Å². The maximum Gasteiger partial charge on any atom is 0.257 e. The first-order chi connectivity index (χ1) is 12.7. The van der Waals surface area contributed by atoms with E-state index in [4.69, 9.17) is 4.74 Å². The van der Waals surface area contributed by atoms with Crippen LogP contribution in [-0.2, 0) is 5.75 Å². The fourth-order valence-electron chi connectivity index (χ4n) is 2.32. The zero-order chi connectivity index (χ0) is 18.4. The topological polar surface area (TPSA) is 64.1 Å². The number of hydrogen-bond donors (Lipinski definition) is 1. The number of benzene rings is 2. The molecule has 2 aromatic carbocycles. The molecule has 1 N–H and O–H groups in total. The highest BCUT2D eigenvalue weighted by Crippen LogP contribution is 2.28. The van der Waals surface area contributed by atoms with Crippen LogP contribution < -0.4 is 10.1 Å². The molecule has 0 saturated heterocycles. The molecule has 0 aliphatic carbocycles. The van der Waals surface area contributed by atoms with Crippen molar-refractivity contribution in [2.24, 2.45) is 0 Å². The molecule has 1 amide bonds. The number of carbonyl (C=O) groups excluding carboxylic acids is 1. The van der Waals surface area contributed by atoms with E-state index in [2.05, 4.69) is 27.6 Å². The molecule has 0 bridgehead atoms. The number of carbonyl (C=O) groups is 1. The molecule has 0 radical (unpaired) electrons. The van der Waals surface area contributed by atoms with E-state index in [1.165, 1.54) is 16.9 Å². The van der Waals surface area contributed by atoms with Crippen LogP contribution in [-0.4, -0.2) is 22.7 Å². The molecule has 0 aliphatic heterocycles. The van der Waals surface area contributed by atoms with E-state index < -0.39 is 0 Å². The lowest BCUT2D eigenvalue weighted by Gasteiger charge is -2.08. The summed E-state index contributed by atoms with van der Waals surface area (Å²) in [5.41, 5.74) is 2.72. The lowest BCUT2D eigenvalue weighted by atomic mass is 10.1. The molecule has 1 heterocycles. The summed E-state index contributed by atoms with van der Waals surface area (Å²) >= 11 is 2.98. The third-order valence-corrected chi connectivity index (χ3v) is 5.61. The van der Waals surface area contributed by atoms with Gasteiger partial charge in [0.2, 0.25) is 5.13 Å². The van der Waals surface area contributed by atoms with Gasteiger partial charge in [0.1, 0.15) is 5.75 Å². The van der Waals surface area contributed by atoms with Gasteiger partial charge in [0, 0.05) is 11.3 Å². The van der Waals surface area contributed by atoms with Crippen LogP contribution in [0.4, 0.5) is 5.13 Å². The third kappa shape index (κ3) is 4.83. The number of aromatic nitrogens is 2. The van der Waals surface area contributed by atoms with Crippen LogP contribution in [0.3, 0.4) is 0 Å². The molecule has 1 aromatic heterocycles. The Morgan fingerprint density at radius 1 is 1.19 bits per heavy atom. The van der Waals surface area contributed by atoms with E-state index in [1.807, 2.05) is 44.2 Å². The standard InChI is InChI=1S/C19H19N3O2S2/c1-3-24-16-10-9-15(11-13(16)2)17(23)20-18-21-22-19(26-18)25-12-14-7-5-4-6-8-14/h4-11H,3,12H2,1-2H3,(H,20,21,23). The van der Waals surface area contributed by atoms with Gasteiger partial charge in [0.05, 0.1) is 6.61 Å². The first kappa shape index (κ1) is 18.4. The summed E-state index contributed by atoms with van der Waals surface area (Å²) in [6, 6.07) is 15.5. The van der Waals surface area contributed by atoms with Crippen LogP contribution in [0.2, 0.25) is 0 Å². The second-order valence-electron chi connectivity index (χ2n) is 5.51. The van der Waals surface area contributed by atoms with Crippen molar-refractivity contribution < 1.29 is 9.53 Å². The molecule has 7 heteroatoms. The van der Waals surface area contributed by atoms with Crippen molar-refractivity contribution >= 4 is 34.1 Å². The van der Waals surface area contributed by atoms with Crippen LogP contribution in [0, 0.1) is 6.92 Å². The Bertz CT molecular complexity index is 882. The SMILES string of the molecule is CCOc1ccc(C(=O)Nc2nnc(SCc3ccccc3)s2)cc1C. The minimum Gasteiger partial charge on any atom is -0.494 e. The molecular weight excluding hydrogens is 366 g/mol. The predicted molar refractivity (Wildman–Crippen MR) is 106 cm³/mol. The minimum atomic E-state index is -0.202. The zero-order valence-electron chi connectivity index (χ0n) is 14.6. The zero-order valence-corrected chi connectivity index (χ0v) is 16.2. The highest BCUT2D eigenvalue weighted by molar-refractivity contribution is 8.00. The summed E-state index contributed by atoms with van der Waals surface area (Å²) in [6.45, 7) is 4.45. The summed E-state index contributed by atoms with van der Waals surface area (Å²) in [5.74, 6) is 1.41. The molecule has 0 spiro atoms. The molecule has 0 saturated carbocycles. The van der Waals surface area contributed by atoms with Gasteiger partial charge in [-0.1, -0.05) is 53.4 Å². The van der Waals surface area contributed by atoms with Gasteiger partial charge in [-0.3, -0.25) is 10.1 Å². The monoisotopic (exact) mass is 385 g/mol. The largest absolute Gasteiger partial charge is 0.494 e. The summed E-state index contributed by atoms with van der Waals surface area (Å²) in [4.78, 5) is 12.4. The Morgan fingerprint density at radius 3 is 2.73 bits per heavy atom. The molecule has 26 heavy (non-hydrogen) atoms. The summed E-state index contributed by atoms with van der Waals surface area (Å²) in [6.07, 6.45) is 0. The maximum atomic E-state index is 12.4. The highest BCUT2D eigenvalue weighted by Gasteiger charge is 2.12. The number of anilines is 1. The lowest BCUT2D eigenvalue weighted by Crippen LogP contribution is -2.12. The Morgan fingerprint density at radius 2 is 2.00 bits per heavy atom. The van der Waals surface area contributed by atoms with Crippen LogP contribution in [0.1, 0.15) is 28.4 Å². The van der Waals surface area contributed by atoms with E-state index in [9.17, 15) is 4.79 Å². The number of nitrogens with one attached hydrogen (secondary N) is 1. The van der Waals surface area contributed by atoms with Gasteiger partial charge in [-0.25, -0.2) is 0 Å². The number of ether oxygens (including phenoxy) is 1. The van der Waals surface area contributed by atoms with Crippen molar-refractivity contribution in [3.63, 3.8) is 0 Å². The Labute approximate surface area is 160 Å². The molecule has 0 fully saturated rings. The quantitative estimate of drug-likeness (QED) is 0.468. The lowest BCUT2D eigenvalue weighted by molar-refractivity contribution is 0.102. The molecule has 0 atom stereocenters. The number of hydrogen-bond acceptors (Lipinski definition) is 6. The number of rotatable bonds is 7. The number of thioether (sulfide) groups is 1. The molecule has 0 unspecified atom stereocenters. The van der Waals surface area contributed by atoms with E-state index in [0.29, 0.717) is 17.3 Å². The van der Waals surface area contributed by atoms with Crippen molar-refractivity contribution in [2.75, 3.05) is 11.9 Å². The van der Waals surface area contributed by atoms with Gasteiger partial charge >= 0.3 is 0 Å². The Balaban J connectivity index is 1.60. The van der Waals surface area contributed by atoms with Crippen LogP contribution in [0.5, 0.6) is 5.75 Å². The van der Waals surface area contributed by atoms with Crippen LogP contribution in [0.25, 0.3) is 0 Å². The molecule has 3 rings (SSSR count). The normalized spacial score (nSPS) is 10.5. The maximum absolute atomic E-state index is 12.4. The number of nitrogens with zero attached hydrogens (tertiary/aromatic N) is 2. The summed E-state index contributed by atoms with van der Waals surface area (Å²) in [7, 11) is 0. The van der Waals surface area contributed by atoms with Gasteiger partial charge in [0.15, 0.2) is 4.34 Å². The second kappa shape index (κ2) is 8.82. The van der Waals surface area contributed by atoms with Crippen molar-refractivity contribution in [1.29, 1.82) is 0 Å². The van der Waals surface area contributed by atoms with E-state index in [1.54, 1.807) is 17.8 Å². The van der Waals surface area contributed by atoms with Crippen molar-refractivity contribution in [2.45, 2.75) is 23.9 Å². The molecular formula is C19H19N3O2S2. The summed E-state index contributed by atoms with van der Waals surface area (Å²) < 4.78 is 6.33. The van der Waals surface area contributed by atoms with Crippen LogP contribution in [0.15, 0.2) is 52.9 Å². The number of aryl methyl sites for hydroxylation is 1. The average molecular weight is 386 g/mol. The molecule has 134 valence electrons. The average Bonchev–Trinajstić information content (AvgIpc) is 3.10. The Kier molecular flexibility index (Phi) is 6.25. The molecule has 5 nitrogen and oxygen atoms in total. The van der Waals surface area contributed by atoms with Gasteiger partial charge in [-0.15, -0.1) is 10.2 Å². The number of amides is 1. The first-order valence-corrected chi connectivity index (χ1v) is 10.0. The summed E-state index contributed by atoms with van der Waals surface area (Å²) in [5, 5.41) is 11.5. The third-order valence-electron chi connectivity index (χ3n) is 3.57. The van der Waals surface area contributed by atoms with Gasteiger partial charge in [-0.2, -0.15) is 0 Å². The van der Waals surface area contributed by atoms with Gasteiger partial charge in [-0.05, 0) is 43.2 Å². The fourth-order valence-corrected chi connectivity index (χ4v) is 4.02. The minimum absolute atomic E-state index is 0.202. The Hall–Kier alpha value is -2.38. The van der Waals surface area contributed by atoms with E-state index in [0.717, 1.165) is 21.4 Å². The fraction of sp³-hybridized carbons (Fsp3) is 0.211. The molecule has 0 aliphatic rings. The smallest absolute Gasteiger partial charge is 0.257 e. The van der Waals surface area contributed by atoms with Crippen LogP contribution >= 0.6 is 23.1 Å².